The van der Waals surface area contributed by atoms with Crippen LogP contribution in [0, 0.1) is 0 Å². The molecule has 0 radical (unpaired) electrons. The average molecular weight is 439 g/mol. The van der Waals surface area contributed by atoms with Crippen molar-refractivity contribution in [3.8, 4) is 11.5 Å². The zero-order chi connectivity index (χ0) is 20.9. The van der Waals surface area contributed by atoms with Crippen molar-refractivity contribution in [3.63, 3.8) is 0 Å². The predicted molar refractivity (Wildman–Crippen MR) is 111 cm³/mol. The third-order valence-electron chi connectivity index (χ3n) is 4.43. The Morgan fingerprint density at radius 3 is 2.52 bits per heavy atom. The van der Waals surface area contributed by atoms with E-state index in [1.165, 1.54) is 22.5 Å². The Hall–Kier alpha value is -2.29. The molecule has 1 aliphatic rings. The number of hydrogen-bond acceptors (Lipinski definition) is 5. The molecule has 2 aromatic carbocycles. The van der Waals surface area contributed by atoms with Gasteiger partial charge in [-0.25, -0.2) is 8.42 Å². The highest BCUT2D eigenvalue weighted by atomic mass is 35.5. The fourth-order valence-electron chi connectivity index (χ4n) is 3.02. The number of benzene rings is 2. The van der Waals surface area contributed by atoms with Gasteiger partial charge < -0.3 is 14.8 Å². The maximum Gasteiger partial charge on any atom is 0.262 e. The molecule has 0 unspecified atom stereocenters. The fourth-order valence-corrected chi connectivity index (χ4v) is 4.86. The van der Waals surface area contributed by atoms with Gasteiger partial charge in [0.15, 0.2) is 6.61 Å². The Bertz CT molecular complexity index is 975. The van der Waals surface area contributed by atoms with Crippen LogP contribution in [0.4, 0.5) is 5.69 Å². The third-order valence-corrected chi connectivity index (χ3v) is 6.62. The Balaban J connectivity index is 1.63. The molecule has 1 fully saturated rings. The second-order valence-corrected chi connectivity index (χ2v) is 8.81. The standard InChI is InChI=1S/C20H23ClN2O5S/c1-2-27-19-8-4-3-7-17(19)22-20(24)14-28-18-10-9-15(13-16(18)21)29(25,26)23-11-5-6-12-23/h3-4,7-10,13H,2,5-6,11-12,14H2,1H3,(H,22,24). The summed E-state index contributed by atoms with van der Waals surface area (Å²) in [6, 6.07) is 11.4. The molecule has 156 valence electrons. The third kappa shape index (κ3) is 5.20. The summed E-state index contributed by atoms with van der Waals surface area (Å²) in [6.07, 6.45) is 1.71. The molecule has 0 aliphatic carbocycles. The van der Waals surface area contributed by atoms with Crippen LogP contribution >= 0.6 is 11.6 Å². The number of amides is 1. The van der Waals surface area contributed by atoms with Gasteiger partial charge in [-0.05, 0) is 50.1 Å². The molecule has 0 bridgehead atoms. The molecule has 1 amide bonds. The molecular weight excluding hydrogens is 416 g/mol. The number of nitrogens with zero attached hydrogens (tertiary/aromatic N) is 1. The first-order valence-corrected chi connectivity index (χ1v) is 11.2. The first-order valence-electron chi connectivity index (χ1n) is 9.36. The number of nitrogens with one attached hydrogen (secondary N) is 1. The summed E-state index contributed by atoms with van der Waals surface area (Å²) >= 11 is 6.19. The van der Waals surface area contributed by atoms with Gasteiger partial charge in [0.25, 0.3) is 5.91 Å². The van der Waals surface area contributed by atoms with Gasteiger partial charge in [0, 0.05) is 13.1 Å². The minimum absolute atomic E-state index is 0.117. The van der Waals surface area contributed by atoms with Gasteiger partial charge in [0.1, 0.15) is 11.5 Å². The highest BCUT2D eigenvalue weighted by Gasteiger charge is 2.27. The SMILES string of the molecule is CCOc1ccccc1NC(=O)COc1ccc(S(=O)(=O)N2CCCC2)cc1Cl. The van der Waals surface area contributed by atoms with E-state index in [-0.39, 0.29) is 28.2 Å². The van der Waals surface area contributed by atoms with E-state index in [1.807, 2.05) is 13.0 Å². The van der Waals surface area contributed by atoms with Crippen LogP contribution < -0.4 is 14.8 Å². The number of hydrogen-bond donors (Lipinski definition) is 1. The summed E-state index contributed by atoms with van der Waals surface area (Å²) < 4.78 is 37.6. The molecule has 1 aliphatic heterocycles. The molecule has 3 rings (SSSR count). The molecule has 0 aromatic heterocycles. The van der Waals surface area contributed by atoms with Gasteiger partial charge in [0.2, 0.25) is 10.0 Å². The number of carbonyl (C=O) groups excluding carboxylic acids is 1. The fraction of sp³-hybridized carbons (Fsp3) is 0.350. The first kappa shape index (κ1) is 21.4. The zero-order valence-corrected chi connectivity index (χ0v) is 17.6. The van der Waals surface area contributed by atoms with E-state index in [4.69, 9.17) is 21.1 Å². The monoisotopic (exact) mass is 438 g/mol. The second kappa shape index (κ2) is 9.47. The highest BCUT2D eigenvalue weighted by Crippen LogP contribution is 2.30. The number of ether oxygens (including phenoxy) is 2. The first-order chi connectivity index (χ1) is 13.9. The van der Waals surface area contributed by atoms with Gasteiger partial charge in [-0.3, -0.25) is 4.79 Å². The summed E-state index contributed by atoms with van der Waals surface area (Å²) in [5.41, 5.74) is 0.543. The Kier molecular flexibility index (Phi) is 7.00. The lowest BCUT2D eigenvalue weighted by molar-refractivity contribution is -0.118. The Morgan fingerprint density at radius 2 is 1.83 bits per heavy atom. The quantitative estimate of drug-likeness (QED) is 0.681. The number of carbonyl (C=O) groups is 1. The van der Waals surface area contributed by atoms with E-state index in [2.05, 4.69) is 5.32 Å². The predicted octanol–water partition coefficient (Wildman–Crippen LogP) is 3.54. The zero-order valence-electron chi connectivity index (χ0n) is 16.1. The van der Waals surface area contributed by atoms with Crippen LogP contribution in [0.2, 0.25) is 5.02 Å². The maximum absolute atomic E-state index is 12.6. The van der Waals surface area contributed by atoms with Crippen LogP contribution in [0.3, 0.4) is 0 Å². The van der Waals surface area contributed by atoms with E-state index in [0.717, 1.165) is 12.8 Å². The van der Waals surface area contributed by atoms with Gasteiger partial charge in [0.05, 0.1) is 22.2 Å². The lowest BCUT2D eigenvalue weighted by Gasteiger charge is -2.16. The molecular formula is C20H23ClN2O5S. The second-order valence-electron chi connectivity index (χ2n) is 6.47. The normalized spacial score (nSPS) is 14.6. The minimum Gasteiger partial charge on any atom is -0.492 e. The topological polar surface area (TPSA) is 84.9 Å². The van der Waals surface area contributed by atoms with Crippen molar-refractivity contribution in [2.45, 2.75) is 24.7 Å². The molecule has 7 nitrogen and oxygen atoms in total. The van der Waals surface area contributed by atoms with E-state index < -0.39 is 10.0 Å². The van der Waals surface area contributed by atoms with Crippen LogP contribution in [-0.2, 0) is 14.8 Å². The van der Waals surface area contributed by atoms with Crippen molar-refractivity contribution in [3.05, 3.63) is 47.5 Å². The Labute approximate surface area is 175 Å². The van der Waals surface area contributed by atoms with Crippen LogP contribution in [0.5, 0.6) is 11.5 Å². The highest BCUT2D eigenvalue weighted by molar-refractivity contribution is 7.89. The van der Waals surface area contributed by atoms with E-state index >= 15 is 0 Å². The summed E-state index contributed by atoms with van der Waals surface area (Å²) in [4.78, 5) is 12.3. The molecule has 0 saturated carbocycles. The molecule has 0 atom stereocenters. The molecule has 1 heterocycles. The summed E-state index contributed by atoms with van der Waals surface area (Å²) in [5, 5.41) is 2.86. The van der Waals surface area contributed by atoms with Crippen LogP contribution in [0.1, 0.15) is 19.8 Å². The van der Waals surface area contributed by atoms with Crippen LogP contribution in [0.25, 0.3) is 0 Å². The van der Waals surface area contributed by atoms with E-state index in [9.17, 15) is 13.2 Å². The van der Waals surface area contributed by atoms with Crippen molar-refractivity contribution in [1.82, 2.24) is 4.31 Å². The molecule has 0 spiro atoms. The minimum atomic E-state index is -3.56. The van der Waals surface area contributed by atoms with Crippen molar-refractivity contribution >= 4 is 33.2 Å². The average Bonchev–Trinajstić information content (AvgIpc) is 3.24. The number of para-hydroxylation sites is 2. The lowest BCUT2D eigenvalue weighted by atomic mass is 10.3. The molecule has 9 heteroatoms. The van der Waals surface area contributed by atoms with Crippen molar-refractivity contribution in [1.29, 1.82) is 0 Å². The summed E-state index contributed by atoms with van der Waals surface area (Å²) in [6.45, 7) is 3.09. The molecule has 2 aromatic rings. The van der Waals surface area contributed by atoms with Crippen LogP contribution in [-0.4, -0.2) is 44.9 Å². The van der Waals surface area contributed by atoms with Gasteiger partial charge in [-0.15, -0.1) is 0 Å². The molecule has 1 N–H and O–H groups in total. The van der Waals surface area contributed by atoms with Crippen LogP contribution in [0.15, 0.2) is 47.4 Å². The summed E-state index contributed by atoms with van der Waals surface area (Å²) in [5.74, 6) is 0.417. The number of anilines is 1. The molecule has 1 saturated heterocycles. The maximum atomic E-state index is 12.6. The Morgan fingerprint density at radius 1 is 1.10 bits per heavy atom. The molecule has 29 heavy (non-hydrogen) atoms. The summed E-state index contributed by atoms with van der Waals surface area (Å²) in [7, 11) is -3.56. The van der Waals surface area contributed by atoms with Gasteiger partial charge in [-0.1, -0.05) is 23.7 Å². The number of rotatable bonds is 8. The van der Waals surface area contributed by atoms with Crippen molar-refractivity contribution in [2.75, 3.05) is 31.6 Å². The van der Waals surface area contributed by atoms with Crippen molar-refractivity contribution < 1.29 is 22.7 Å². The largest absolute Gasteiger partial charge is 0.492 e. The van der Waals surface area contributed by atoms with Gasteiger partial charge in [-0.2, -0.15) is 4.31 Å². The lowest BCUT2D eigenvalue weighted by Crippen LogP contribution is -2.27. The number of sulfonamides is 1. The smallest absolute Gasteiger partial charge is 0.262 e. The van der Waals surface area contributed by atoms with E-state index in [0.29, 0.717) is 31.1 Å². The van der Waals surface area contributed by atoms with Gasteiger partial charge >= 0.3 is 0 Å². The van der Waals surface area contributed by atoms with Crippen molar-refractivity contribution in [2.24, 2.45) is 0 Å². The number of halogens is 1. The van der Waals surface area contributed by atoms with E-state index in [1.54, 1.807) is 18.2 Å².